The van der Waals surface area contributed by atoms with Crippen molar-refractivity contribution < 1.29 is 9.59 Å². The first-order valence-corrected chi connectivity index (χ1v) is 7.96. The lowest BCUT2D eigenvalue weighted by Crippen LogP contribution is -2.21. The Morgan fingerprint density at radius 1 is 1.21 bits per heavy atom. The number of anilines is 1. The molecule has 0 aliphatic heterocycles. The molecular weight excluding hydrogens is 304 g/mol. The van der Waals surface area contributed by atoms with Gasteiger partial charge >= 0.3 is 0 Å². The van der Waals surface area contributed by atoms with Crippen molar-refractivity contribution in [2.45, 2.75) is 46.1 Å². The Morgan fingerprint density at radius 3 is 2.33 bits per heavy atom. The lowest BCUT2D eigenvalue weighted by Gasteiger charge is -2.19. The molecule has 0 aliphatic carbocycles. The number of hydrogen-bond acceptors (Lipinski definition) is 3. The van der Waals surface area contributed by atoms with Crippen molar-refractivity contribution in [3.8, 4) is 0 Å². The Bertz CT molecular complexity index is 739. The van der Waals surface area contributed by atoms with E-state index in [9.17, 15) is 9.59 Å². The number of primary amides is 1. The summed E-state index contributed by atoms with van der Waals surface area (Å²) in [6.45, 7) is 8.66. The molecule has 128 valence electrons. The van der Waals surface area contributed by atoms with E-state index >= 15 is 0 Å². The average molecular weight is 328 g/mol. The molecule has 2 aromatic rings. The van der Waals surface area contributed by atoms with Crippen LogP contribution < -0.4 is 11.1 Å². The van der Waals surface area contributed by atoms with Gasteiger partial charge in [-0.3, -0.25) is 9.59 Å². The van der Waals surface area contributed by atoms with Crippen LogP contribution >= 0.6 is 0 Å². The molecule has 24 heavy (non-hydrogen) atoms. The number of carbonyl (C=O) groups is 2. The van der Waals surface area contributed by atoms with Crippen molar-refractivity contribution in [1.82, 2.24) is 9.55 Å². The van der Waals surface area contributed by atoms with Crippen molar-refractivity contribution in [1.29, 1.82) is 0 Å². The third-order valence-corrected chi connectivity index (χ3v) is 3.82. The third kappa shape index (κ3) is 4.01. The molecule has 0 saturated heterocycles. The van der Waals surface area contributed by atoms with E-state index in [-0.39, 0.29) is 22.8 Å². The minimum absolute atomic E-state index is 0.0868. The second-order valence-electron chi connectivity index (χ2n) is 6.78. The molecule has 3 N–H and O–H groups in total. The number of nitrogens with zero attached hydrogens (tertiary/aromatic N) is 2. The van der Waals surface area contributed by atoms with Crippen molar-refractivity contribution in [3.05, 3.63) is 47.4 Å². The second kappa shape index (κ2) is 6.86. The number of hydrogen-bond donors (Lipinski definition) is 2. The summed E-state index contributed by atoms with van der Waals surface area (Å²) in [5, 5.41) is 2.61. The Kier molecular flexibility index (Phi) is 5.07. The molecular formula is C18H24N4O2. The zero-order valence-electron chi connectivity index (χ0n) is 14.6. The molecule has 0 aliphatic rings. The molecule has 0 spiro atoms. The van der Waals surface area contributed by atoms with E-state index < -0.39 is 5.91 Å². The highest BCUT2D eigenvalue weighted by molar-refractivity contribution is 6.00. The smallest absolute Gasteiger partial charge is 0.269 e. The molecule has 0 bridgehead atoms. The highest BCUT2D eigenvalue weighted by Crippen LogP contribution is 2.23. The van der Waals surface area contributed by atoms with Crippen LogP contribution in [0.15, 0.2) is 30.6 Å². The van der Waals surface area contributed by atoms with E-state index in [1.807, 2.05) is 12.1 Å². The van der Waals surface area contributed by atoms with Gasteiger partial charge in [0.1, 0.15) is 0 Å². The fraction of sp³-hybridized carbons (Fsp3) is 0.389. The topological polar surface area (TPSA) is 90.0 Å². The lowest BCUT2D eigenvalue weighted by molar-refractivity contribution is -0.115. The maximum Gasteiger partial charge on any atom is 0.269 e. The highest BCUT2D eigenvalue weighted by Gasteiger charge is 2.18. The zero-order chi connectivity index (χ0) is 17.9. The van der Waals surface area contributed by atoms with Gasteiger partial charge in [-0.15, -0.1) is 0 Å². The predicted octanol–water partition coefficient (Wildman–Crippen LogP) is 2.68. The first-order valence-electron chi connectivity index (χ1n) is 7.96. The Hall–Kier alpha value is -2.63. The normalized spacial score (nSPS) is 11.3. The summed E-state index contributed by atoms with van der Waals surface area (Å²) in [6, 6.07) is 8.21. The van der Waals surface area contributed by atoms with Crippen molar-refractivity contribution in [3.63, 3.8) is 0 Å². The van der Waals surface area contributed by atoms with E-state index in [0.29, 0.717) is 13.0 Å². The van der Waals surface area contributed by atoms with Crippen LogP contribution in [0.25, 0.3) is 0 Å². The van der Waals surface area contributed by atoms with Crippen LogP contribution in [0.5, 0.6) is 0 Å². The first kappa shape index (κ1) is 17.7. The van der Waals surface area contributed by atoms with E-state index in [2.05, 4.69) is 43.2 Å². The fourth-order valence-electron chi connectivity index (χ4n) is 2.38. The van der Waals surface area contributed by atoms with Gasteiger partial charge in [0.15, 0.2) is 11.5 Å². The number of nitrogens with one attached hydrogen (secondary N) is 1. The fourth-order valence-corrected chi connectivity index (χ4v) is 2.38. The zero-order valence-corrected chi connectivity index (χ0v) is 14.6. The van der Waals surface area contributed by atoms with Crippen LogP contribution in [0.3, 0.4) is 0 Å². The molecule has 2 amide bonds. The summed E-state index contributed by atoms with van der Waals surface area (Å²) in [5.74, 6) is -0.622. The number of aromatic nitrogens is 2. The van der Waals surface area contributed by atoms with Crippen LogP contribution in [0.4, 0.5) is 5.82 Å². The van der Waals surface area contributed by atoms with Crippen LogP contribution in [-0.4, -0.2) is 21.4 Å². The van der Waals surface area contributed by atoms with Gasteiger partial charge in [0.25, 0.3) is 5.91 Å². The minimum atomic E-state index is -0.620. The maximum atomic E-state index is 11.8. The quantitative estimate of drug-likeness (QED) is 0.884. The summed E-state index contributed by atoms with van der Waals surface area (Å²) in [4.78, 5) is 27.4. The van der Waals surface area contributed by atoms with Crippen LogP contribution in [0, 0.1) is 0 Å². The van der Waals surface area contributed by atoms with Crippen molar-refractivity contribution in [2.24, 2.45) is 5.73 Å². The summed E-state index contributed by atoms with van der Waals surface area (Å²) in [6.07, 6.45) is 1.82. The second-order valence-corrected chi connectivity index (χ2v) is 6.78. The van der Waals surface area contributed by atoms with Gasteiger partial charge in [0.05, 0.1) is 6.33 Å². The molecule has 1 heterocycles. The van der Waals surface area contributed by atoms with E-state index in [0.717, 1.165) is 5.56 Å². The number of amides is 2. The number of benzene rings is 1. The molecule has 1 aromatic heterocycles. The molecule has 2 rings (SSSR count). The molecule has 6 nitrogen and oxygen atoms in total. The summed E-state index contributed by atoms with van der Waals surface area (Å²) >= 11 is 0. The largest absolute Gasteiger partial charge is 0.364 e. The van der Waals surface area contributed by atoms with Crippen LogP contribution in [0.1, 0.15) is 55.7 Å². The average Bonchev–Trinajstić information content (AvgIpc) is 2.89. The number of nitrogens with two attached hydrogens (primary N) is 1. The third-order valence-electron chi connectivity index (χ3n) is 3.82. The Balaban J connectivity index is 2.26. The Morgan fingerprint density at radius 2 is 1.83 bits per heavy atom. The van der Waals surface area contributed by atoms with Gasteiger partial charge in [-0.25, -0.2) is 4.98 Å². The van der Waals surface area contributed by atoms with Gasteiger partial charge in [-0.2, -0.15) is 0 Å². The highest BCUT2D eigenvalue weighted by atomic mass is 16.2. The number of carbonyl (C=O) groups excluding carboxylic acids is 2. The lowest BCUT2D eigenvalue weighted by atomic mass is 9.87. The van der Waals surface area contributed by atoms with Crippen molar-refractivity contribution in [2.75, 3.05) is 5.32 Å². The van der Waals surface area contributed by atoms with Crippen LogP contribution in [0.2, 0.25) is 0 Å². The van der Waals surface area contributed by atoms with E-state index in [1.165, 1.54) is 11.9 Å². The van der Waals surface area contributed by atoms with Gasteiger partial charge < -0.3 is 15.6 Å². The molecule has 0 unspecified atom stereocenters. The van der Waals surface area contributed by atoms with E-state index in [1.54, 1.807) is 11.5 Å². The monoisotopic (exact) mass is 328 g/mol. The SMILES string of the molecule is CCC(=O)Nc1ncn(Cc2ccc(C(C)(C)C)cc2)c1C(N)=O. The molecule has 6 heteroatoms. The standard InChI is InChI=1S/C18H24N4O2/c1-5-14(23)21-17-15(16(19)24)22(11-20-17)10-12-6-8-13(9-7-12)18(2,3)4/h6-9,11H,5,10H2,1-4H3,(H2,19,24)(H,21,23). The van der Waals surface area contributed by atoms with Gasteiger partial charge in [-0.1, -0.05) is 52.0 Å². The molecule has 0 radical (unpaired) electrons. The van der Waals surface area contributed by atoms with Gasteiger partial charge in [-0.05, 0) is 16.5 Å². The molecule has 1 aromatic carbocycles. The molecule has 0 saturated carbocycles. The van der Waals surface area contributed by atoms with Gasteiger partial charge in [0.2, 0.25) is 5.91 Å². The summed E-state index contributed by atoms with van der Waals surface area (Å²) < 4.78 is 1.65. The first-order chi connectivity index (χ1) is 11.2. The van der Waals surface area contributed by atoms with E-state index in [4.69, 9.17) is 5.73 Å². The predicted molar refractivity (Wildman–Crippen MR) is 93.9 cm³/mol. The summed E-state index contributed by atoms with van der Waals surface area (Å²) in [5.41, 5.74) is 8.02. The minimum Gasteiger partial charge on any atom is -0.364 e. The molecule has 0 fully saturated rings. The Labute approximate surface area is 142 Å². The summed E-state index contributed by atoms with van der Waals surface area (Å²) in [7, 11) is 0. The number of rotatable bonds is 5. The van der Waals surface area contributed by atoms with Gasteiger partial charge in [0, 0.05) is 13.0 Å². The van der Waals surface area contributed by atoms with Crippen molar-refractivity contribution >= 4 is 17.6 Å². The maximum absolute atomic E-state index is 11.8. The number of imidazole rings is 1. The molecule has 0 atom stereocenters. The van der Waals surface area contributed by atoms with Crippen LogP contribution in [-0.2, 0) is 16.8 Å².